The number of hydrogen-bond acceptors (Lipinski definition) is 6. The summed E-state index contributed by atoms with van der Waals surface area (Å²) < 4.78 is 12.0. The average Bonchev–Trinajstić information content (AvgIpc) is 3.33. The first kappa shape index (κ1) is 23.1. The van der Waals surface area contributed by atoms with Crippen LogP contribution in [0.25, 0.3) is 0 Å². The van der Waals surface area contributed by atoms with Gasteiger partial charge in [-0.05, 0) is 70.0 Å². The molecular formula is C22H28ClNO4S2. The van der Waals surface area contributed by atoms with Gasteiger partial charge in [0.25, 0.3) is 0 Å². The van der Waals surface area contributed by atoms with Crippen LogP contribution in [0.4, 0.5) is 4.79 Å². The maximum atomic E-state index is 13.1. The van der Waals surface area contributed by atoms with Crippen LogP contribution in [-0.2, 0) is 14.3 Å². The van der Waals surface area contributed by atoms with E-state index in [9.17, 15) is 9.59 Å². The fourth-order valence-electron chi connectivity index (χ4n) is 3.58. The fraction of sp³-hybridized carbons (Fsp3) is 0.545. The maximum Gasteiger partial charge on any atom is 0.410 e. The molecule has 2 aromatic heterocycles. The molecule has 0 saturated heterocycles. The van der Waals surface area contributed by atoms with Crippen molar-refractivity contribution >= 4 is 46.3 Å². The third-order valence-electron chi connectivity index (χ3n) is 5.10. The number of nitrogens with zero attached hydrogens (tertiary/aromatic N) is 1. The molecule has 1 atom stereocenters. The second-order valence-corrected chi connectivity index (χ2v) is 11.3. The molecule has 0 spiro atoms. The zero-order valence-corrected chi connectivity index (χ0v) is 20.1. The first-order valence-corrected chi connectivity index (χ1v) is 12.2. The average molecular weight is 470 g/mol. The van der Waals surface area contributed by atoms with Gasteiger partial charge < -0.3 is 14.4 Å². The van der Waals surface area contributed by atoms with E-state index < -0.39 is 11.5 Å². The number of esters is 1. The van der Waals surface area contributed by atoms with Gasteiger partial charge in [0.2, 0.25) is 0 Å². The molecule has 0 N–H and O–H groups in total. The number of amides is 1. The molecule has 1 unspecified atom stereocenters. The van der Waals surface area contributed by atoms with E-state index in [0.717, 1.165) is 35.4 Å². The molecule has 8 heteroatoms. The molecule has 0 aliphatic heterocycles. The zero-order valence-electron chi connectivity index (χ0n) is 17.7. The van der Waals surface area contributed by atoms with Crippen LogP contribution in [-0.4, -0.2) is 41.8 Å². The standard InChI is InChI=1S/C22H28ClNO4S2/c1-22(2,3)28-21(26)24(4)14-7-9-15(10-8-14)27-20(25)19(16-6-5-13-29-16)17-11-12-18(23)30-17/h5-6,11-15,19H,7-10H2,1-4H3. The van der Waals surface area contributed by atoms with Crippen LogP contribution in [0.3, 0.4) is 0 Å². The molecule has 1 amide bonds. The second kappa shape index (κ2) is 9.71. The predicted molar refractivity (Wildman–Crippen MR) is 122 cm³/mol. The van der Waals surface area contributed by atoms with Gasteiger partial charge >= 0.3 is 12.1 Å². The van der Waals surface area contributed by atoms with Gasteiger partial charge in [0.1, 0.15) is 17.6 Å². The van der Waals surface area contributed by atoms with Crippen molar-refractivity contribution in [3.05, 3.63) is 43.7 Å². The van der Waals surface area contributed by atoms with Crippen molar-refractivity contribution in [3.8, 4) is 0 Å². The molecule has 5 nitrogen and oxygen atoms in total. The number of carbonyl (C=O) groups excluding carboxylic acids is 2. The minimum Gasteiger partial charge on any atom is -0.462 e. The zero-order chi connectivity index (χ0) is 21.9. The Balaban J connectivity index is 1.58. The second-order valence-electron chi connectivity index (χ2n) is 8.55. The Labute approximate surface area is 190 Å². The summed E-state index contributed by atoms with van der Waals surface area (Å²) >= 11 is 9.05. The van der Waals surface area contributed by atoms with Gasteiger partial charge in [-0.1, -0.05) is 17.7 Å². The van der Waals surface area contributed by atoms with E-state index in [0.29, 0.717) is 4.34 Å². The highest BCUT2D eigenvalue weighted by Gasteiger charge is 2.33. The number of thiophene rings is 2. The van der Waals surface area contributed by atoms with Crippen molar-refractivity contribution in [2.75, 3.05) is 7.05 Å². The number of rotatable bonds is 5. The lowest BCUT2D eigenvalue weighted by molar-refractivity contribution is -0.151. The Hall–Kier alpha value is -1.57. The molecule has 2 aromatic rings. The summed E-state index contributed by atoms with van der Waals surface area (Å²) in [5.41, 5.74) is -0.514. The van der Waals surface area contributed by atoms with E-state index >= 15 is 0 Å². The minimum atomic E-state index is -0.514. The lowest BCUT2D eigenvalue weighted by atomic mass is 9.92. The van der Waals surface area contributed by atoms with E-state index in [-0.39, 0.29) is 24.2 Å². The van der Waals surface area contributed by atoms with Crippen LogP contribution in [0.2, 0.25) is 4.34 Å². The highest BCUT2D eigenvalue weighted by atomic mass is 35.5. The van der Waals surface area contributed by atoms with Crippen molar-refractivity contribution in [1.82, 2.24) is 4.90 Å². The summed E-state index contributed by atoms with van der Waals surface area (Å²) in [6.45, 7) is 5.58. The van der Waals surface area contributed by atoms with Crippen LogP contribution in [0, 0.1) is 0 Å². The summed E-state index contributed by atoms with van der Waals surface area (Å²) in [5, 5.41) is 1.96. The van der Waals surface area contributed by atoms with Crippen molar-refractivity contribution in [2.24, 2.45) is 0 Å². The topological polar surface area (TPSA) is 55.8 Å². The summed E-state index contributed by atoms with van der Waals surface area (Å²) in [6, 6.07) is 7.70. The van der Waals surface area contributed by atoms with Gasteiger partial charge in [0.05, 0.1) is 4.34 Å². The Morgan fingerprint density at radius 1 is 1.13 bits per heavy atom. The molecule has 1 aliphatic rings. The van der Waals surface area contributed by atoms with Gasteiger partial charge in [-0.3, -0.25) is 4.79 Å². The number of hydrogen-bond donors (Lipinski definition) is 0. The summed E-state index contributed by atoms with van der Waals surface area (Å²) in [6.07, 6.45) is 2.57. The quantitative estimate of drug-likeness (QED) is 0.481. The van der Waals surface area contributed by atoms with Crippen molar-refractivity contribution < 1.29 is 19.1 Å². The van der Waals surface area contributed by atoms with Gasteiger partial charge in [-0.25, -0.2) is 4.79 Å². The van der Waals surface area contributed by atoms with Gasteiger partial charge in [0, 0.05) is 22.8 Å². The molecule has 0 aromatic carbocycles. The fourth-order valence-corrected chi connectivity index (χ4v) is 5.65. The molecule has 1 fully saturated rings. The third kappa shape index (κ3) is 5.99. The monoisotopic (exact) mass is 469 g/mol. The molecule has 0 bridgehead atoms. The molecule has 2 heterocycles. The highest BCUT2D eigenvalue weighted by Crippen LogP contribution is 2.37. The molecule has 1 saturated carbocycles. The van der Waals surface area contributed by atoms with E-state index in [1.165, 1.54) is 11.3 Å². The molecule has 30 heavy (non-hydrogen) atoms. The first-order chi connectivity index (χ1) is 14.1. The van der Waals surface area contributed by atoms with E-state index in [1.807, 2.05) is 50.4 Å². The lowest BCUT2D eigenvalue weighted by Crippen LogP contribution is -2.43. The van der Waals surface area contributed by atoms with E-state index in [4.69, 9.17) is 21.1 Å². The molecule has 3 rings (SSSR count). The Morgan fingerprint density at radius 3 is 2.37 bits per heavy atom. The highest BCUT2D eigenvalue weighted by molar-refractivity contribution is 7.16. The maximum absolute atomic E-state index is 13.1. The van der Waals surface area contributed by atoms with Crippen molar-refractivity contribution in [2.45, 2.75) is 70.1 Å². The van der Waals surface area contributed by atoms with E-state index in [2.05, 4.69) is 0 Å². The van der Waals surface area contributed by atoms with Crippen LogP contribution in [0.1, 0.15) is 62.1 Å². The number of ether oxygens (including phenoxy) is 2. The van der Waals surface area contributed by atoms with Crippen LogP contribution < -0.4 is 0 Å². The number of halogens is 1. The molecule has 164 valence electrons. The molecule has 1 aliphatic carbocycles. The minimum absolute atomic E-state index is 0.0963. The van der Waals surface area contributed by atoms with Crippen molar-refractivity contribution in [3.63, 3.8) is 0 Å². The van der Waals surface area contributed by atoms with Crippen LogP contribution in [0.15, 0.2) is 29.6 Å². The largest absolute Gasteiger partial charge is 0.462 e. The van der Waals surface area contributed by atoms with Crippen LogP contribution >= 0.6 is 34.3 Å². The molecular weight excluding hydrogens is 442 g/mol. The SMILES string of the molecule is CN(C(=O)OC(C)(C)C)C1CCC(OC(=O)C(c2cccs2)c2ccc(Cl)s2)CC1. The summed E-state index contributed by atoms with van der Waals surface area (Å²) in [4.78, 5) is 28.9. The Morgan fingerprint density at radius 2 is 1.83 bits per heavy atom. The lowest BCUT2D eigenvalue weighted by Gasteiger charge is -2.35. The normalized spacial score (nSPS) is 20.4. The molecule has 0 radical (unpaired) electrons. The summed E-state index contributed by atoms with van der Waals surface area (Å²) in [7, 11) is 1.78. The van der Waals surface area contributed by atoms with E-state index in [1.54, 1.807) is 23.3 Å². The first-order valence-electron chi connectivity index (χ1n) is 10.1. The van der Waals surface area contributed by atoms with Crippen molar-refractivity contribution in [1.29, 1.82) is 0 Å². The predicted octanol–water partition coefficient (Wildman–Crippen LogP) is 6.32. The Bertz CT molecular complexity index is 851. The smallest absolute Gasteiger partial charge is 0.410 e. The van der Waals surface area contributed by atoms with Gasteiger partial charge in [-0.2, -0.15) is 0 Å². The number of carbonyl (C=O) groups is 2. The summed E-state index contributed by atoms with van der Waals surface area (Å²) in [5.74, 6) is -0.676. The van der Waals surface area contributed by atoms with Gasteiger partial charge in [-0.15, -0.1) is 22.7 Å². The van der Waals surface area contributed by atoms with Crippen LogP contribution in [0.5, 0.6) is 0 Å². The van der Waals surface area contributed by atoms with Gasteiger partial charge in [0.15, 0.2) is 0 Å². The third-order valence-corrected chi connectivity index (χ3v) is 7.33. The Kier molecular flexibility index (Phi) is 7.47.